The minimum atomic E-state index is -0.923. The van der Waals surface area contributed by atoms with Gasteiger partial charge in [0.25, 0.3) is 0 Å². The highest BCUT2D eigenvalue weighted by atomic mass is 32.2. The van der Waals surface area contributed by atoms with E-state index in [0.29, 0.717) is 5.69 Å². The zero-order valence-electron chi connectivity index (χ0n) is 14.9. The van der Waals surface area contributed by atoms with Gasteiger partial charge in [-0.15, -0.1) is 11.8 Å². The summed E-state index contributed by atoms with van der Waals surface area (Å²) in [5.74, 6) is 0.0458. The van der Waals surface area contributed by atoms with E-state index in [9.17, 15) is 9.59 Å². The van der Waals surface area contributed by atoms with Crippen LogP contribution in [0.15, 0.2) is 47.4 Å². The Morgan fingerprint density at radius 3 is 2.64 bits per heavy atom. The Hall–Kier alpha value is -2.27. The van der Waals surface area contributed by atoms with Crippen molar-refractivity contribution in [3.63, 3.8) is 0 Å². The van der Waals surface area contributed by atoms with Crippen molar-refractivity contribution in [3.8, 4) is 0 Å². The Balaban J connectivity index is 1.87. The lowest BCUT2D eigenvalue weighted by Crippen LogP contribution is -2.58. The Labute approximate surface area is 152 Å². The average Bonchev–Trinajstić information content (AvgIpc) is 2.56. The van der Waals surface area contributed by atoms with Crippen molar-refractivity contribution >= 4 is 35.0 Å². The molecule has 25 heavy (non-hydrogen) atoms. The standard InChI is InChI=1S/C20H22N2O2S/c1-13-9-10-14(2)17(11-13)25-12-18(23)22-16-8-6-5-7-15(16)21-19(24)20(22,3)4/h5-11H,12H2,1-4H3,(H,21,24). The second-order valence-electron chi connectivity index (χ2n) is 6.82. The highest BCUT2D eigenvalue weighted by Crippen LogP contribution is 2.37. The van der Waals surface area contributed by atoms with Gasteiger partial charge in [0, 0.05) is 4.90 Å². The smallest absolute Gasteiger partial charge is 0.250 e. The van der Waals surface area contributed by atoms with Crippen molar-refractivity contribution in [3.05, 3.63) is 53.6 Å². The molecular formula is C20H22N2O2S. The van der Waals surface area contributed by atoms with Gasteiger partial charge in [-0.1, -0.05) is 29.8 Å². The van der Waals surface area contributed by atoms with Crippen molar-refractivity contribution in [2.75, 3.05) is 16.0 Å². The number of rotatable bonds is 3. The number of hydrogen-bond donors (Lipinski definition) is 1. The van der Waals surface area contributed by atoms with Crippen molar-refractivity contribution in [2.45, 2.75) is 38.1 Å². The van der Waals surface area contributed by atoms with Crippen LogP contribution < -0.4 is 10.2 Å². The molecule has 1 aliphatic heterocycles. The summed E-state index contributed by atoms with van der Waals surface area (Å²) in [5, 5.41) is 2.89. The molecule has 0 bridgehead atoms. The van der Waals surface area contributed by atoms with Gasteiger partial charge >= 0.3 is 0 Å². The van der Waals surface area contributed by atoms with Gasteiger partial charge in [-0.05, 0) is 51.5 Å². The predicted molar refractivity (Wildman–Crippen MR) is 103 cm³/mol. The van der Waals surface area contributed by atoms with Crippen LogP contribution in [0, 0.1) is 13.8 Å². The number of nitrogens with one attached hydrogen (secondary N) is 1. The first-order valence-corrected chi connectivity index (χ1v) is 9.23. The molecule has 0 fully saturated rings. The second-order valence-corrected chi connectivity index (χ2v) is 7.83. The van der Waals surface area contributed by atoms with Gasteiger partial charge in [-0.3, -0.25) is 14.5 Å². The molecule has 0 radical (unpaired) electrons. The molecule has 0 saturated heterocycles. The largest absolute Gasteiger partial charge is 0.322 e. The quantitative estimate of drug-likeness (QED) is 0.842. The topological polar surface area (TPSA) is 49.4 Å². The van der Waals surface area contributed by atoms with Crippen LogP contribution >= 0.6 is 11.8 Å². The molecule has 4 nitrogen and oxygen atoms in total. The van der Waals surface area contributed by atoms with Crippen LogP contribution in [0.2, 0.25) is 0 Å². The summed E-state index contributed by atoms with van der Waals surface area (Å²) in [6.07, 6.45) is 0. The van der Waals surface area contributed by atoms with E-state index in [1.54, 1.807) is 18.7 Å². The first-order valence-electron chi connectivity index (χ1n) is 8.24. The van der Waals surface area contributed by atoms with Gasteiger partial charge < -0.3 is 5.32 Å². The van der Waals surface area contributed by atoms with Crippen LogP contribution in [0.3, 0.4) is 0 Å². The second kappa shape index (κ2) is 6.56. The molecule has 0 aromatic heterocycles. The molecule has 5 heteroatoms. The van der Waals surface area contributed by atoms with E-state index in [4.69, 9.17) is 0 Å². The maximum Gasteiger partial charge on any atom is 0.250 e. The Morgan fingerprint density at radius 1 is 1.16 bits per heavy atom. The fourth-order valence-corrected chi connectivity index (χ4v) is 3.94. The number of nitrogens with zero attached hydrogens (tertiary/aromatic N) is 1. The first kappa shape index (κ1) is 17.5. The normalized spacial score (nSPS) is 15.5. The molecule has 130 valence electrons. The van der Waals surface area contributed by atoms with Gasteiger partial charge in [0.2, 0.25) is 11.8 Å². The number of para-hydroxylation sites is 2. The van der Waals surface area contributed by atoms with Crippen molar-refractivity contribution < 1.29 is 9.59 Å². The number of fused-ring (bicyclic) bond motifs is 1. The third kappa shape index (κ3) is 3.29. The molecule has 3 rings (SSSR count). The maximum atomic E-state index is 13.0. The molecular weight excluding hydrogens is 332 g/mol. The van der Waals surface area contributed by atoms with Crippen LogP contribution in [0.1, 0.15) is 25.0 Å². The van der Waals surface area contributed by atoms with Crippen LogP contribution in [0.4, 0.5) is 11.4 Å². The molecule has 2 aromatic carbocycles. The lowest BCUT2D eigenvalue weighted by molar-refractivity contribution is -0.125. The van der Waals surface area contributed by atoms with E-state index in [1.165, 1.54) is 17.3 Å². The van der Waals surface area contributed by atoms with E-state index >= 15 is 0 Å². The number of benzene rings is 2. The minimum Gasteiger partial charge on any atom is -0.322 e. The number of amides is 2. The van der Waals surface area contributed by atoms with Gasteiger partial charge in [0.05, 0.1) is 17.1 Å². The van der Waals surface area contributed by atoms with Crippen LogP contribution in [-0.2, 0) is 9.59 Å². The molecule has 1 aliphatic rings. The van der Waals surface area contributed by atoms with E-state index in [-0.39, 0.29) is 17.6 Å². The first-order chi connectivity index (χ1) is 11.8. The fourth-order valence-electron chi connectivity index (χ4n) is 2.97. The summed E-state index contributed by atoms with van der Waals surface area (Å²) in [4.78, 5) is 28.2. The Kier molecular flexibility index (Phi) is 4.60. The lowest BCUT2D eigenvalue weighted by atomic mass is 9.96. The fraction of sp³-hybridized carbons (Fsp3) is 0.300. The SMILES string of the molecule is Cc1ccc(C)c(SCC(=O)N2c3ccccc3NC(=O)C2(C)C)c1. The van der Waals surface area contributed by atoms with Crippen LogP contribution in [0.25, 0.3) is 0 Å². The van der Waals surface area contributed by atoms with Gasteiger partial charge in [-0.25, -0.2) is 0 Å². The van der Waals surface area contributed by atoms with Gasteiger partial charge in [-0.2, -0.15) is 0 Å². The number of carbonyl (C=O) groups is 2. The predicted octanol–water partition coefficient (Wildman–Crippen LogP) is 4.16. The number of thioether (sulfide) groups is 1. The van der Waals surface area contributed by atoms with Gasteiger partial charge in [0.15, 0.2) is 0 Å². The summed E-state index contributed by atoms with van der Waals surface area (Å²) >= 11 is 1.52. The molecule has 0 atom stereocenters. The van der Waals surface area contributed by atoms with E-state index < -0.39 is 5.54 Å². The van der Waals surface area contributed by atoms with Crippen molar-refractivity contribution in [1.29, 1.82) is 0 Å². The average molecular weight is 354 g/mol. The number of anilines is 2. The molecule has 0 aliphatic carbocycles. The van der Waals surface area contributed by atoms with Crippen LogP contribution in [0.5, 0.6) is 0 Å². The third-order valence-corrected chi connectivity index (χ3v) is 5.59. The number of carbonyl (C=O) groups excluding carboxylic acids is 2. The van der Waals surface area contributed by atoms with E-state index in [2.05, 4.69) is 23.5 Å². The number of aryl methyl sites for hydroxylation is 2. The molecule has 2 aromatic rings. The van der Waals surface area contributed by atoms with Crippen molar-refractivity contribution in [2.24, 2.45) is 0 Å². The van der Waals surface area contributed by atoms with E-state index in [1.807, 2.05) is 38.1 Å². The zero-order valence-corrected chi connectivity index (χ0v) is 15.7. The zero-order chi connectivity index (χ0) is 18.2. The van der Waals surface area contributed by atoms with Crippen LogP contribution in [-0.4, -0.2) is 23.1 Å². The summed E-state index contributed by atoms with van der Waals surface area (Å²) in [5.41, 5.74) is 2.83. The Morgan fingerprint density at radius 2 is 1.88 bits per heavy atom. The summed E-state index contributed by atoms with van der Waals surface area (Å²) in [7, 11) is 0. The molecule has 1 N–H and O–H groups in total. The Bertz CT molecular complexity index is 845. The van der Waals surface area contributed by atoms with E-state index in [0.717, 1.165) is 16.1 Å². The lowest BCUT2D eigenvalue weighted by Gasteiger charge is -2.42. The molecule has 0 saturated carbocycles. The molecule has 0 spiro atoms. The highest BCUT2D eigenvalue weighted by molar-refractivity contribution is 8.00. The minimum absolute atomic E-state index is 0.0711. The highest BCUT2D eigenvalue weighted by Gasteiger charge is 2.43. The van der Waals surface area contributed by atoms with Crippen molar-refractivity contribution in [1.82, 2.24) is 0 Å². The monoisotopic (exact) mass is 354 g/mol. The van der Waals surface area contributed by atoms with Gasteiger partial charge in [0.1, 0.15) is 5.54 Å². The third-order valence-electron chi connectivity index (χ3n) is 4.45. The molecule has 2 amide bonds. The molecule has 0 unspecified atom stereocenters. The molecule has 1 heterocycles. The summed E-state index contributed by atoms with van der Waals surface area (Å²) in [6, 6.07) is 13.6. The number of hydrogen-bond acceptors (Lipinski definition) is 3. The maximum absolute atomic E-state index is 13.0. The summed E-state index contributed by atoms with van der Waals surface area (Å²) < 4.78 is 0. The summed E-state index contributed by atoms with van der Waals surface area (Å²) in [6.45, 7) is 7.64.